The lowest BCUT2D eigenvalue weighted by molar-refractivity contribution is -0.142. The number of amides is 1. The van der Waals surface area contributed by atoms with Crippen molar-refractivity contribution in [1.82, 2.24) is 19.5 Å². The van der Waals surface area contributed by atoms with Gasteiger partial charge in [0.05, 0.1) is 6.26 Å². The summed E-state index contributed by atoms with van der Waals surface area (Å²) in [7, 11) is 1.55. The molecule has 3 heterocycles. The summed E-state index contributed by atoms with van der Waals surface area (Å²) < 4.78 is 47.1. The van der Waals surface area contributed by atoms with Crippen LogP contribution < -0.4 is 4.90 Å². The van der Waals surface area contributed by atoms with Crippen molar-refractivity contribution < 1.29 is 22.4 Å². The molecule has 11 heteroatoms. The number of likely N-dealkylation sites (N-methyl/N-ethyl adjacent to an activating group) is 2. The average molecular weight is 492 g/mol. The van der Waals surface area contributed by atoms with Gasteiger partial charge in [0.15, 0.2) is 22.8 Å². The predicted molar refractivity (Wildman–Crippen MR) is 122 cm³/mol. The third-order valence-corrected chi connectivity index (χ3v) is 5.70. The highest BCUT2D eigenvalue weighted by molar-refractivity contribution is 6.36. The smallest absolute Gasteiger partial charge is 0.433 e. The number of hydrogen-bond donors (Lipinski definition) is 0. The molecule has 0 aliphatic rings. The van der Waals surface area contributed by atoms with E-state index in [1.165, 1.54) is 23.3 Å². The van der Waals surface area contributed by atoms with Crippen molar-refractivity contribution >= 4 is 28.8 Å². The van der Waals surface area contributed by atoms with E-state index in [9.17, 15) is 18.0 Å². The highest BCUT2D eigenvalue weighted by Gasteiger charge is 2.37. The van der Waals surface area contributed by atoms with E-state index in [-0.39, 0.29) is 27.8 Å². The van der Waals surface area contributed by atoms with Gasteiger partial charge in [-0.25, -0.2) is 9.50 Å². The van der Waals surface area contributed by atoms with Gasteiger partial charge in [0.1, 0.15) is 10.7 Å². The first-order valence-corrected chi connectivity index (χ1v) is 10.8. The summed E-state index contributed by atoms with van der Waals surface area (Å²) in [5, 5.41) is 3.64. The van der Waals surface area contributed by atoms with E-state index in [1.54, 1.807) is 7.05 Å². The highest BCUT2D eigenvalue weighted by atomic mass is 35.5. The highest BCUT2D eigenvalue weighted by Crippen LogP contribution is 2.34. The summed E-state index contributed by atoms with van der Waals surface area (Å²) in [5.41, 5.74) is -0.768. The molecule has 0 saturated carbocycles. The molecule has 0 saturated heterocycles. The molecule has 0 atom stereocenters. The van der Waals surface area contributed by atoms with Crippen LogP contribution in [0.15, 0.2) is 59.2 Å². The summed E-state index contributed by atoms with van der Waals surface area (Å²) >= 11 is 6.34. The van der Waals surface area contributed by atoms with Crippen molar-refractivity contribution in [2.45, 2.75) is 13.1 Å². The van der Waals surface area contributed by atoms with E-state index in [4.69, 9.17) is 16.0 Å². The number of para-hydroxylation sites is 1. The number of anilines is 1. The van der Waals surface area contributed by atoms with Crippen LogP contribution in [0.25, 0.3) is 17.1 Å². The molecule has 0 aliphatic heterocycles. The Balaban J connectivity index is 1.64. The van der Waals surface area contributed by atoms with Crippen LogP contribution in [0.5, 0.6) is 0 Å². The van der Waals surface area contributed by atoms with Crippen molar-refractivity contribution in [3.05, 3.63) is 71.2 Å². The summed E-state index contributed by atoms with van der Waals surface area (Å²) in [5.74, 6) is -0.469. The number of fused-ring (bicyclic) bond motifs is 1. The minimum atomic E-state index is -4.76. The first-order chi connectivity index (χ1) is 16.2. The molecule has 0 unspecified atom stereocenters. The normalized spacial score (nSPS) is 11.7. The lowest BCUT2D eigenvalue weighted by Crippen LogP contribution is -2.36. The number of benzene rings is 1. The minimum Gasteiger partial charge on any atom is -0.463 e. The van der Waals surface area contributed by atoms with Crippen molar-refractivity contribution in [3.8, 4) is 11.5 Å². The predicted octanol–water partition coefficient (Wildman–Crippen LogP) is 5.26. The SMILES string of the molecule is CCN(CCN(C)C(=O)c1nn2c(C(F)(F)F)cc(-c3ccco3)nc2c1Cl)c1ccccc1. The van der Waals surface area contributed by atoms with Gasteiger partial charge in [-0.05, 0) is 37.3 Å². The van der Waals surface area contributed by atoms with E-state index >= 15 is 0 Å². The third kappa shape index (κ3) is 4.58. The molecule has 0 fully saturated rings. The Morgan fingerprint density at radius 1 is 1.15 bits per heavy atom. The van der Waals surface area contributed by atoms with Crippen LogP contribution in [0.4, 0.5) is 18.9 Å². The molecule has 4 aromatic rings. The fraction of sp³-hybridized carbons (Fsp3) is 0.261. The molecule has 3 aromatic heterocycles. The Kier molecular flexibility index (Phi) is 6.52. The zero-order valence-corrected chi connectivity index (χ0v) is 19.1. The van der Waals surface area contributed by atoms with Crippen LogP contribution in [-0.4, -0.2) is 52.1 Å². The lowest BCUT2D eigenvalue weighted by atomic mass is 10.2. The Hall–Kier alpha value is -3.53. The Bertz CT molecular complexity index is 1290. The Labute approximate surface area is 198 Å². The van der Waals surface area contributed by atoms with Gasteiger partial charge in [-0.15, -0.1) is 0 Å². The van der Waals surface area contributed by atoms with Crippen LogP contribution in [0.1, 0.15) is 23.1 Å². The maximum absolute atomic E-state index is 13.8. The van der Waals surface area contributed by atoms with Gasteiger partial charge in [-0.3, -0.25) is 4.79 Å². The van der Waals surface area contributed by atoms with Crippen LogP contribution in [-0.2, 0) is 6.18 Å². The molecule has 178 valence electrons. The van der Waals surface area contributed by atoms with Gasteiger partial charge in [-0.1, -0.05) is 29.8 Å². The van der Waals surface area contributed by atoms with Gasteiger partial charge in [-0.2, -0.15) is 18.3 Å². The van der Waals surface area contributed by atoms with Crippen molar-refractivity contribution in [2.75, 3.05) is 31.6 Å². The topological polar surface area (TPSA) is 66.9 Å². The lowest BCUT2D eigenvalue weighted by Gasteiger charge is -2.26. The largest absolute Gasteiger partial charge is 0.463 e. The Morgan fingerprint density at radius 2 is 1.88 bits per heavy atom. The van der Waals surface area contributed by atoms with Crippen LogP contribution in [0.3, 0.4) is 0 Å². The first kappa shape index (κ1) is 23.6. The first-order valence-electron chi connectivity index (χ1n) is 10.5. The van der Waals surface area contributed by atoms with Gasteiger partial charge >= 0.3 is 6.18 Å². The van der Waals surface area contributed by atoms with Crippen LogP contribution >= 0.6 is 11.6 Å². The number of halogens is 4. The van der Waals surface area contributed by atoms with E-state index in [1.807, 2.05) is 37.3 Å². The summed E-state index contributed by atoms with van der Waals surface area (Å²) in [6.07, 6.45) is -3.44. The number of alkyl halides is 3. The average Bonchev–Trinajstić information content (AvgIpc) is 3.47. The zero-order valence-electron chi connectivity index (χ0n) is 18.4. The summed E-state index contributed by atoms with van der Waals surface area (Å²) in [4.78, 5) is 20.7. The summed E-state index contributed by atoms with van der Waals surface area (Å²) in [6, 6.07) is 13.5. The van der Waals surface area contributed by atoms with E-state index in [2.05, 4.69) is 15.0 Å². The minimum absolute atomic E-state index is 0.0690. The second-order valence-electron chi connectivity index (χ2n) is 7.54. The van der Waals surface area contributed by atoms with E-state index in [0.29, 0.717) is 17.6 Å². The molecule has 1 aromatic carbocycles. The monoisotopic (exact) mass is 491 g/mol. The Morgan fingerprint density at radius 3 is 2.50 bits per heavy atom. The van der Waals surface area contributed by atoms with Crippen molar-refractivity contribution in [3.63, 3.8) is 0 Å². The van der Waals surface area contributed by atoms with Gasteiger partial charge in [0.2, 0.25) is 0 Å². The van der Waals surface area contributed by atoms with E-state index < -0.39 is 17.8 Å². The number of rotatable bonds is 7. The number of carbonyl (C=O) groups excluding carboxylic acids is 1. The number of hydrogen-bond acceptors (Lipinski definition) is 5. The standard InChI is InChI=1S/C23H21ClF3N5O2/c1-3-31(15-8-5-4-6-9-15)12-11-30(2)22(33)20-19(24)21-28-16(17-10-7-13-34-17)14-18(23(25,26)27)32(21)29-20/h4-10,13-14H,3,11-12H2,1-2H3. The molecule has 4 rings (SSSR count). The molecular formula is C23H21ClF3N5O2. The number of nitrogens with zero attached hydrogens (tertiary/aromatic N) is 5. The molecule has 0 spiro atoms. The quantitative estimate of drug-likeness (QED) is 0.353. The molecule has 1 amide bonds. The molecule has 0 N–H and O–H groups in total. The van der Waals surface area contributed by atoms with E-state index in [0.717, 1.165) is 18.3 Å². The maximum atomic E-state index is 13.8. The third-order valence-electron chi connectivity index (χ3n) is 5.35. The van der Waals surface area contributed by atoms with Gasteiger partial charge in [0, 0.05) is 32.4 Å². The molecule has 7 nitrogen and oxygen atoms in total. The summed E-state index contributed by atoms with van der Waals surface area (Å²) in [6.45, 7) is 3.54. The van der Waals surface area contributed by atoms with Crippen molar-refractivity contribution in [2.24, 2.45) is 0 Å². The fourth-order valence-corrected chi connectivity index (χ4v) is 3.78. The molecule has 0 bridgehead atoms. The maximum Gasteiger partial charge on any atom is 0.433 e. The fourth-order valence-electron chi connectivity index (χ4n) is 3.54. The molecule has 34 heavy (non-hydrogen) atoms. The number of aromatic nitrogens is 3. The van der Waals surface area contributed by atoms with Crippen LogP contribution in [0, 0.1) is 0 Å². The molecule has 0 aliphatic carbocycles. The molecular weight excluding hydrogens is 471 g/mol. The van der Waals surface area contributed by atoms with Gasteiger partial charge in [0.25, 0.3) is 5.91 Å². The van der Waals surface area contributed by atoms with Gasteiger partial charge < -0.3 is 14.2 Å². The number of furan rings is 1. The zero-order chi connectivity index (χ0) is 24.5. The number of carbonyl (C=O) groups is 1. The molecule has 0 radical (unpaired) electrons. The second kappa shape index (κ2) is 9.38. The van der Waals surface area contributed by atoms with Crippen molar-refractivity contribution in [1.29, 1.82) is 0 Å². The van der Waals surface area contributed by atoms with Crippen LogP contribution in [0.2, 0.25) is 5.02 Å². The second-order valence-corrected chi connectivity index (χ2v) is 7.92.